The molecule has 0 aromatic carbocycles. The van der Waals surface area contributed by atoms with Crippen LogP contribution in [0.1, 0.15) is 6.92 Å². The molecule has 12 heavy (non-hydrogen) atoms. The molecule has 0 saturated heterocycles. The van der Waals surface area contributed by atoms with E-state index in [1.165, 1.54) is 6.92 Å². The largest absolute Gasteiger partial charge is 0.325 e. The first-order valence-electron chi connectivity index (χ1n) is 3.15. The van der Waals surface area contributed by atoms with Crippen LogP contribution < -0.4 is 11.5 Å². The molecule has 0 aromatic rings. The van der Waals surface area contributed by atoms with E-state index in [2.05, 4.69) is 0 Å². The molecule has 72 valence electrons. The van der Waals surface area contributed by atoms with Gasteiger partial charge in [0.25, 0.3) is 10.1 Å². The van der Waals surface area contributed by atoms with E-state index in [0.29, 0.717) is 6.29 Å². The molecule has 0 aliphatic carbocycles. The smallest absolute Gasteiger partial charge is 0.266 e. The van der Waals surface area contributed by atoms with Gasteiger partial charge in [-0.15, -0.1) is 0 Å². The van der Waals surface area contributed by atoms with Crippen LogP contribution in [0, 0.1) is 0 Å². The van der Waals surface area contributed by atoms with Gasteiger partial charge in [0.1, 0.15) is 6.29 Å². The third-order valence-electron chi connectivity index (χ3n) is 1.44. The standard InChI is InChI=1S/C5H12N2O4S/c1-5(7,3-8)4(6)2-12(9,10)11/h3-4H,2,6-7H2,1H3,(H,9,10,11)/t4?,5-/m1/s1. The molecule has 2 atom stereocenters. The number of carbonyl (C=O) groups excluding carboxylic acids is 1. The summed E-state index contributed by atoms with van der Waals surface area (Å²) in [5, 5.41) is 0. The first kappa shape index (κ1) is 11.5. The van der Waals surface area contributed by atoms with Crippen LogP contribution in [0.4, 0.5) is 0 Å². The minimum absolute atomic E-state index is 0.350. The van der Waals surface area contributed by atoms with Gasteiger partial charge in [0.15, 0.2) is 0 Å². The van der Waals surface area contributed by atoms with Crippen molar-refractivity contribution in [3.8, 4) is 0 Å². The summed E-state index contributed by atoms with van der Waals surface area (Å²) < 4.78 is 29.0. The highest BCUT2D eigenvalue weighted by atomic mass is 32.2. The Kier molecular flexibility index (Phi) is 3.34. The second-order valence-electron chi connectivity index (χ2n) is 2.84. The van der Waals surface area contributed by atoms with E-state index in [0.717, 1.165) is 0 Å². The first-order valence-corrected chi connectivity index (χ1v) is 4.76. The summed E-state index contributed by atoms with van der Waals surface area (Å²) in [6.45, 7) is 1.29. The van der Waals surface area contributed by atoms with Crippen molar-refractivity contribution in [3.63, 3.8) is 0 Å². The average molecular weight is 196 g/mol. The van der Waals surface area contributed by atoms with E-state index in [-0.39, 0.29) is 0 Å². The SMILES string of the molecule is C[C@@](N)(C=O)C(N)CS(=O)(=O)O. The summed E-state index contributed by atoms with van der Waals surface area (Å²) in [6.07, 6.45) is 0.350. The summed E-state index contributed by atoms with van der Waals surface area (Å²) in [5.74, 6) is -0.723. The van der Waals surface area contributed by atoms with Gasteiger partial charge >= 0.3 is 0 Å². The highest BCUT2D eigenvalue weighted by molar-refractivity contribution is 7.85. The minimum atomic E-state index is -4.18. The molecule has 0 aliphatic rings. The maximum Gasteiger partial charge on any atom is 0.266 e. The van der Waals surface area contributed by atoms with Gasteiger partial charge in [0, 0.05) is 6.04 Å². The Labute approximate surface area is 70.7 Å². The molecule has 6 nitrogen and oxygen atoms in total. The van der Waals surface area contributed by atoms with Crippen LogP contribution in [0.2, 0.25) is 0 Å². The number of hydrogen-bond acceptors (Lipinski definition) is 5. The molecule has 0 aromatic heterocycles. The predicted octanol–water partition coefficient (Wildman–Crippen LogP) is -1.88. The highest BCUT2D eigenvalue weighted by Gasteiger charge is 2.29. The molecule has 0 aliphatic heterocycles. The van der Waals surface area contributed by atoms with Gasteiger partial charge in [-0.25, -0.2) is 0 Å². The predicted molar refractivity (Wildman–Crippen MR) is 43.0 cm³/mol. The van der Waals surface area contributed by atoms with Crippen molar-refractivity contribution in [2.75, 3.05) is 5.75 Å². The Balaban J connectivity index is 4.43. The van der Waals surface area contributed by atoms with Crippen LogP contribution in [-0.2, 0) is 14.9 Å². The van der Waals surface area contributed by atoms with E-state index in [1.54, 1.807) is 0 Å². The Morgan fingerprint density at radius 1 is 1.67 bits per heavy atom. The van der Waals surface area contributed by atoms with Crippen molar-refractivity contribution in [2.45, 2.75) is 18.5 Å². The van der Waals surface area contributed by atoms with Gasteiger partial charge in [-0.3, -0.25) is 4.55 Å². The molecule has 0 saturated carbocycles. The number of hydrogen-bond donors (Lipinski definition) is 3. The fourth-order valence-electron chi connectivity index (χ4n) is 0.494. The molecule has 0 fully saturated rings. The van der Waals surface area contributed by atoms with E-state index >= 15 is 0 Å². The molecular weight excluding hydrogens is 184 g/mol. The molecular formula is C5H12N2O4S. The molecule has 0 amide bonds. The first-order chi connectivity index (χ1) is 5.19. The van der Waals surface area contributed by atoms with E-state index in [9.17, 15) is 13.2 Å². The Hall–Kier alpha value is -0.500. The fourth-order valence-corrected chi connectivity index (χ4v) is 1.31. The molecule has 0 spiro atoms. The Bertz CT molecular complexity index is 259. The second-order valence-corrected chi connectivity index (χ2v) is 4.34. The van der Waals surface area contributed by atoms with E-state index in [4.69, 9.17) is 16.0 Å². The number of nitrogens with two attached hydrogens (primary N) is 2. The van der Waals surface area contributed by atoms with Crippen LogP contribution in [0.3, 0.4) is 0 Å². The number of carbonyl (C=O) groups is 1. The van der Waals surface area contributed by atoms with Crippen molar-refractivity contribution in [3.05, 3.63) is 0 Å². The summed E-state index contributed by atoms with van der Waals surface area (Å²) in [5.41, 5.74) is 9.12. The molecule has 7 heteroatoms. The lowest BCUT2D eigenvalue weighted by molar-refractivity contribution is -0.112. The minimum Gasteiger partial charge on any atom is -0.325 e. The Morgan fingerprint density at radius 3 is 2.33 bits per heavy atom. The van der Waals surface area contributed by atoms with E-state index < -0.39 is 27.5 Å². The van der Waals surface area contributed by atoms with Crippen molar-refractivity contribution in [2.24, 2.45) is 11.5 Å². The monoisotopic (exact) mass is 196 g/mol. The summed E-state index contributed by atoms with van der Waals surface area (Å²) in [6, 6.07) is -1.11. The van der Waals surface area contributed by atoms with Gasteiger partial charge in [-0.05, 0) is 6.92 Å². The molecule has 0 radical (unpaired) electrons. The lowest BCUT2D eigenvalue weighted by Gasteiger charge is -2.23. The van der Waals surface area contributed by atoms with E-state index in [1.807, 2.05) is 0 Å². The van der Waals surface area contributed by atoms with Gasteiger partial charge in [-0.1, -0.05) is 0 Å². The number of aldehydes is 1. The molecule has 0 rings (SSSR count). The maximum atomic E-state index is 10.3. The zero-order chi connectivity index (χ0) is 9.99. The molecule has 0 bridgehead atoms. The Morgan fingerprint density at radius 2 is 2.08 bits per heavy atom. The van der Waals surface area contributed by atoms with Crippen LogP contribution >= 0.6 is 0 Å². The third kappa shape index (κ3) is 3.77. The zero-order valence-electron chi connectivity index (χ0n) is 6.60. The van der Waals surface area contributed by atoms with Crippen LogP contribution in [0.5, 0.6) is 0 Å². The summed E-state index contributed by atoms with van der Waals surface area (Å²) in [4.78, 5) is 10.3. The topological polar surface area (TPSA) is 123 Å². The second kappa shape index (κ2) is 3.48. The van der Waals surface area contributed by atoms with Crippen LogP contribution in [0.15, 0.2) is 0 Å². The molecule has 1 unspecified atom stereocenters. The van der Waals surface area contributed by atoms with Gasteiger partial charge in [0.2, 0.25) is 0 Å². The van der Waals surface area contributed by atoms with Crippen molar-refractivity contribution < 1.29 is 17.8 Å². The van der Waals surface area contributed by atoms with Gasteiger partial charge < -0.3 is 16.3 Å². The lowest BCUT2D eigenvalue weighted by Crippen LogP contribution is -2.57. The maximum absolute atomic E-state index is 10.3. The lowest BCUT2D eigenvalue weighted by atomic mass is 9.98. The summed E-state index contributed by atoms with van der Waals surface area (Å²) in [7, 11) is -4.18. The van der Waals surface area contributed by atoms with Gasteiger partial charge in [-0.2, -0.15) is 8.42 Å². The van der Waals surface area contributed by atoms with Gasteiger partial charge in [0.05, 0.1) is 11.3 Å². The number of rotatable bonds is 4. The highest BCUT2D eigenvalue weighted by Crippen LogP contribution is 2.02. The third-order valence-corrected chi connectivity index (χ3v) is 2.22. The summed E-state index contributed by atoms with van der Waals surface area (Å²) >= 11 is 0. The van der Waals surface area contributed by atoms with Crippen molar-refractivity contribution in [1.29, 1.82) is 0 Å². The average Bonchev–Trinajstić information content (AvgIpc) is 1.84. The molecule has 5 N–H and O–H groups in total. The zero-order valence-corrected chi connectivity index (χ0v) is 7.41. The van der Waals surface area contributed by atoms with Crippen molar-refractivity contribution >= 4 is 16.4 Å². The quantitative estimate of drug-likeness (QED) is 0.357. The molecule has 0 heterocycles. The normalized spacial score (nSPS) is 19.7. The van der Waals surface area contributed by atoms with Crippen molar-refractivity contribution in [1.82, 2.24) is 0 Å². The fraction of sp³-hybridized carbons (Fsp3) is 0.800. The van der Waals surface area contributed by atoms with Crippen LogP contribution in [0.25, 0.3) is 0 Å². The van der Waals surface area contributed by atoms with Crippen LogP contribution in [-0.4, -0.2) is 36.6 Å².